The molecule has 4 bridgehead atoms. The molecule has 2 aliphatic carbocycles. The number of nitrogens with zero attached hydrogens (tertiary/aromatic N) is 2. The minimum absolute atomic E-state index is 0.00279. The van der Waals surface area contributed by atoms with Crippen LogP contribution in [0.3, 0.4) is 0 Å². The average Bonchev–Trinajstić information content (AvgIpc) is 2.07. The summed E-state index contributed by atoms with van der Waals surface area (Å²) in [7, 11) is 0. The van der Waals surface area contributed by atoms with Gasteiger partial charge in [0.15, 0.2) is 0 Å². The molecule has 0 N–H and O–H groups in total. The van der Waals surface area contributed by atoms with Crippen LogP contribution in [0.2, 0.25) is 0 Å². The molecule has 78 heavy (non-hydrogen) atoms. The fraction of sp³-hybridized carbons (Fsp3) is 0.280. The Labute approximate surface area is 465 Å². The quantitative estimate of drug-likeness (QED) is 0.128. The maximum Gasteiger partial charge on any atom is 0.252 e. The van der Waals surface area contributed by atoms with Gasteiger partial charge in [-0.1, -0.05) is 223 Å². The Kier molecular flexibility index (Phi) is 10.3. The van der Waals surface area contributed by atoms with Crippen LogP contribution in [0, 0.1) is 0 Å². The van der Waals surface area contributed by atoms with E-state index in [1.807, 2.05) is 0 Å². The molecule has 0 radical (unpaired) electrons. The first kappa shape index (κ1) is 49.0. The van der Waals surface area contributed by atoms with Crippen LogP contribution in [0.1, 0.15) is 169 Å². The molecule has 2 nitrogen and oxygen atoms in total. The minimum Gasteiger partial charge on any atom is -0.311 e. The van der Waals surface area contributed by atoms with E-state index in [9.17, 15) is 0 Å². The molecule has 9 aromatic carbocycles. The first-order valence-corrected chi connectivity index (χ1v) is 28.8. The van der Waals surface area contributed by atoms with Crippen molar-refractivity contribution in [1.29, 1.82) is 0 Å². The molecular weight excluding hydrogens is 940 g/mol. The highest BCUT2D eigenvalue weighted by molar-refractivity contribution is 7.00. The summed E-state index contributed by atoms with van der Waals surface area (Å²) >= 11 is 0. The van der Waals surface area contributed by atoms with E-state index in [4.69, 9.17) is 0 Å². The lowest BCUT2D eigenvalue weighted by Gasteiger charge is -2.50. The smallest absolute Gasteiger partial charge is 0.252 e. The van der Waals surface area contributed by atoms with E-state index in [0.29, 0.717) is 0 Å². The van der Waals surface area contributed by atoms with Crippen LogP contribution in [0.5, 0.6) is 0 Å². The summed E-state index contributed by atoms with van der Waals surface area (Å²) in [6.45, 7) is 31.5. The van der Waals surface area contributed by atoms with Crippen molar-refractivity contribution < 1.29 is 0 Å². The highest BCUT2D eigenvalue weighted by atomic mass is 15.2. The van der Waals surface area contributed by atoms with Crippen molar-refractivity contribution >= 4 is 57.2 Å². The molecule has 5 aliphatic rings. The number of hydrogen-bond donors (Lipinski definition) is 0. The van der Waals surface area contributed by atoms with Gasteiger partial charge in [0.1, 0.15) is 0 Å². The van der Waals surface area contributed by atoms with E-state index in [0.717, 1.165) is 6.42 Å². The standard InChI is InChI=1S/C75H73BN2/c1-70(2,3)50-31-34-53(35-32-50)77-61-37-33-51(71(4,5)6)42-59(61)76-60-43-57-58-44-63(60)78(65-41-49(40-64(77)69(65)76)66(46-23-16-14-17-24-46)47-25-18-15-19-26-47)62-38-36-56-68(73(9,10)45-72(56,7)8)67(62)48-27-22-28-52(39-48)75(58,13)55-30-21-20-29-54(55)74(57,11)12/h14-44,66H,45H2,1-13H3. The normalized spacial score (nSPS) is 18.4. The summed E-state index contributed by atoms with van der Waals surface area (Å²) < 4.78 is 0. The molecule has 386 valence electrons. The summed E-state index contributed by atoms with van der Waals surface area (Å²) in [6.07, 6.45) is 1.08. The zero-order valence-corrected chi connectivity index (χ0v) is 48.2. The Morgan fingerprint density at radius 2 is 1.01 bits per heavy atom. The lowest BCUT2D eigenvalue weighted by Crippen LogP contribution is -2.62. The average molecular weight is 1010 g/mol. The summed E-state index contributed by atoms with van der Waals surface area (Å²) in [4.78, 5) is 5.42. The van der Waals surface area contributed by atoms with Crippen LogP contribution in [-0.2, 0) is 32.5 Å². The Morgan fingerprint density at radius 1 is 0.423 bits per heavy atom. The second-order valence-electron chi connectivity index (χ2n) is 27.8. The van der Waals surface area contributed by atoms with Gasteiger partial charge in [-0.15, -0.1) is 0 Å². The van der Waals surface area contributed by atoms with Crippen molar-refractivity contribution in [2.24, 2.45) is 0 Å². The molecule has 14 rings (SSSR count). The van der Waals surface area contributed by atoms with Gasteiger partial charge in [0.05, 0.1) is 5.69 Å². The van der Waals surface area contributed by atoms with Gasteiger partial charge >= 0.3 is 0 Å². The Hall–Kier alpha value is -7.36. The first-order valence-electron chi connectivity index (χ1n) is 28.8. The van der Waals surface area contributed by atoms with Crippen LogP contribution in [0.4, 0.5) is 34.1 Å². The van der Waals surface area contributed by atoms with Crippen LogP contribution in [-0.4, -0.2) is 6.71 Å². The van der Waals surface area contributed by atoms with Gasteiger partial charge in [-0.25, -0.2) is 0 Å². The number of hydrogen-bond acceptors (Lipinski definition) is 2. The van der Waals surface area contributed by atoms with Gasteiger partial charge in [-0.05, 0) is 172 Å². The third-order valence-corrected chi connectivity index (χ3v) is 19.5. The molecule has 1 atom stereocenters. The van der Waals surface area contributed by atoms with E-state index in [1.54, 1.807) is 0 Å². The molecule has 0 saturated carbocycles. The number of fused-ring (bicyclic) bond motifs is 14. The topological polar surface area (TPSA) is 6.48 Å². The lowest BCUT2D eigenvalue weighted by atomic mass is 9.32. The SMILES string of the molecule is CC(C)(C)c1ccc(N2c3ccc(C(C)(C)C)cc3B3c4cc5c6cc4N(c4cc(C(c7ccccc7)c7ccccc7)cc2c43)c2ccc3c(c2-c2cccc(c2)C6(C)c2ccccc2C5(C)C)C(C)(C)CC3(C)C)cc1. The molecule has 0 saturated heterocycles. The molecule has 0 fully saturated rings. The molecule has 1 unspecified atom stereocenters. The highest BCUT2D eigenvalue weighted by Crippen LogP contribution is 2.60. The Balaban J connectivity index is 1.19. The third-order valence-electron chi connectivity index (χ3n) is 19.5. The molecule has 3 heterocycles. The second-order valence-corrected chi connectivity index (χ2v) is 27.8. The van der Waals surface area contributed by atoms with Gasteiger partial charge in [-0.2, -0.15) is 0 Å². The van der Waals surface area contributed by atoms with Gasteiger partial charge in [0.25, 0.3) is 6.71 Å². The van der Waals surface area contributed by atoms with Gasteiger partial charge < -0.3 is 9.80 Å². The molecule has 3 heteroatoms. The van der Waals surface area contributed by atoms with Crippen molar-refractivity contribution in [1.82, 2.24) is 0 Å². The van der Waals surface area contributed by atoms with E-state index in [1.165, 1.54) is 128 Å². The van der Waals surface area contributed by atoms with E-state index in [-0.39, 0.29) is 39.7 Å². The maximum absolute atomic E-state index is 2.78. The molecule has 0 amide bonds. The number of rotatable bonds is 4. The van der Waals surface area contributed by atoms with Crippen molar-refractivity contribution in [2.45, 2.75) is 135 Å². The predicted molar refractivity (Wildman–Crippen MR) is 332 cm³/mol. The molecule has 3 aliphatic heterocycles. The van der Waals surface area contributed by atoms with Crippen LogP contribution < -0.4 is 26.2 Å². The molecule has 0 spiro atoms. The van der Waals surface area contributed by atoms with Gasteiger partial charge in [0, 0.05) is 50.7 Å². The van der Waals surface area contributed by atoms with Crippen molar-refractivity contribution in [3.05, 3.63) is 255 Å². The van der Waals surface area contributed by atoms with Crippen LogP contribution in [0.15, 0.2) is 188 Å². The maximum atomic E-state index is 2.78. The summed E-state index contributed by atoms with van der Waals surface area (Å²) in [5.41, 5.74) is 29.7. The summed E-state index contributed by atoms with van der Waals surface area (Å²) in [5, 5.41) is 0. The van der Waals surface area contributed by atoms with Gasteiger partial charge in [0.2, 0.25) is 0 Å². The van der Waals surface area contributed by atoms with Crippen molar-refractivity contribution in [2.75, 3.05) is 9.80 Å². The fourth-order valence-corrected chi connectivity index (χ4v) is 15.8. The van der Waals surface area contributed by atoms with Crippen LogP contribution in [0.25, 0.3) is 11.1 Å². The third kappa shape index (κ3) is 6.88. The predicted octanol–water partition coefficient (Wildman–Crippen LogP) is 17.5. The number of benzene rings is 9. The van der Waals surface area contributed by atoms with Crippen molar-refractivity contribution in [3.63, 3.8) is 0 Å². The zero-order chi connectivity index (χ0) is 54.2. The largest absolute Gasteiger partial charge is 0.311 e. The minimum atomic E-state index is -0.443. The fourth-order valence-electron chi connectivity index (χ4n) is 15.8. The van der Waals surface area contributed by atoms with E-state index < -0.39 is 5.41 Å². The summed E-state index contributed by atoms with van der Waals surface area (Å²) in [5.74, 6) is -0.0376. The van der Waals surface area contributed by atoms with Crippen molar-refractivity contribution in [3.8, 4) is 11.1 Å². The highest BCUT2D eigenvalue weighted by Gasteiger charge is 2.52. The molecule has 9 aromatic rings. The van der Waals surface area contributed by atoms with E-state index >= 15 is 0 Å². The first-order chi connectivity index (χ1) is 37.1. The summed E-state index contributed by atoms with van der Waals surface area (Å²) in [6, 6.07) is 74.3. The van der Waals surface area contributed by atoms with Gasteiger partial charge in [-0.3, -0.25) is 0 Å². The Morgan fingerprint density at radius 3 is 1.67 bits per heavy atom. The molecule has 0 aromatic heterocycles. The zero-order valence-electron chi connectivity index (χ0n) is 48.2. The number of anilines is 6. The van der Waals surface area contributed by atoms with E-state index in [2.05, 4.69) is 288 Å². The second kappa shape index (κ2) is 16.4. The lowest BCUT2D eigenvalue weighted by molar-refractivity contribution is 0.403. The monoisotopic (exact) mass is 1010 g/mol. The van der Waals surface area contributed by atoms with Crippen LogP contribution >= 0.6 is 0 Å². The Bertz CT molecular complexity index is 3920. The molecular formula is C75H73BN2.